The van der Waals surface area contributed by atoms with Crippen LogP contribution in [0.2, 0.25) is 0 Å². The second-order valence-electron chi connectivity index (χ2n) is 6.32. The zero-order valence-corrected chi connectivity index (χ0v) is 14.6. The third kappa shape index (κ3) is 6.99. The molecule has 1 aromatic rings. The van der Waals surface area contributed by atoms with Crippen molar-refractivity contribution in [2.75, 3.05) is 32.7 Å². The molecule has 128 valence electrons. The van der Waals surface area contributed by atoms with Crippen molar-refractivity contribution in [1.29, 1.82) is 0 Å². The van der Waals surface area contributed by atoms with E-state index in [1.54, 1.807) is 0 Å². The number of likely N-dealkylation sites (tertiary alicyclic amines) is 1. The van der Waals surface area contributed by atoms with Crippen LogP contribution in [0.15, 0.2) is 29.4 Å². The number of hydrogen-bond acceptors (Lipinski definition) is 3. The molecule has 0 saturated carbocycles. The van der Waals surface area contributed by atoms with Crippen LogP contribution >= 0.6 is 0 Å². The Labute approximate surface area is 140 Å². The van der Waals surface area contributed by atoms with Gasteiger partial charge in [-0.3, -0.25) is 4.98 Å². The van der Waals surface area contributed by atoms with Crippen molar-refractivity contribution in [3.63, 3.8) is 0 Å². The third-order valence-electron chi connectivity index (χ3n) is 4.29. The van der Waals surface area contributed by atoms with Gasteiger partial charge < -0.3 is 15.5 Å². The van der Waals surface area contributed by atoms with Gasteiger partial charge in [-0.05, 0) is 63.9 Å². The predicted octanol–water partition coefficient (Wildman–Crippen LogP) is 2.26. The van der Waals surface area contributed by atoms with Crippen molar-refractivity contribution in [2.24, 2.45) is 10.9 Å². The molecule has 23 heavy (non-hydrogen) atoms. The summed E-state index contributed by atoms with van der Waals surface area (Å²) >= 11 is 0. The molecule has 5 nitrogen and oxygen atoms in total. The van der Waals surface area contributed by atoms with Gasteiger partial charge in [-0.25, -0.2) is 4.99 Å². The molecule has 1 fully saturated rings. The normalized spacial score (nSPS) is 17.2. The smallest absolute Gasteiger partial charge is 0.191 e. The number of aliphatic imine (C=N–C) groups is 1. The van der Waals surface area contributed by atoms with Crippen LogP contribution in [-0.2, 0) is 6.54 Å². The number of guanidine groups is 1. The third-order valence-corrected chi connectivity index (χ3v) is 4.29. The van der Waals surface area contributed by atoms with Crippen LogP contribution < -0.4 is 10.6 Å². The molecule has 1 aliphatic heterocycles. The lowest BCUT2D eigenvalue weighted by Crippen LogP contribution is -2.39. The second-order valence-corrected chi connectivity index (χ2v) is 6.32. The van der Waals surface area contributed by atoms with Crippen LogP contribution in [0.25, 0.3) is 0 Å². The Morgan fingerprint density at radius 3 is 2.83 bits per heavy atom. The van der Waals surface area contributed by atoms with E-state index in [4.69, 9.17) is 0 Å². The van der Waals surface area contributed by atoms with E-state index in [0.717, 1.165) is 37.1 Å². The lowest BCUT2D eigenvalue weighted by molar-refractivity contribution is 0.191. The second kappa shape index (κ2) is 10.2. The first kappa shape index (κ1) is 17.7. The van der Waals surface area contributed by atoms with Gasteiger partial charge in [-0.1, -0.05) is 13.0 Å². The Morgan fingerprint density at radius 2 is 2.13 bits per heavy atom. The summed E-state index contributed by atoms with van der Waals surface area (Å²) in [5.41, 5.74) is 0.993. The quantitative estimate of drug-likeness (QED) is 0.460. The van der Waals surface area contributed by atoms with E-state index in [0.29, 0.717) is 6.54 Å². The lowest BCUT2D eigenvalue weighted by Gasteiger charge is -2.30. The molecule has 0 amide bonds. The standard InChI is InChI=1S/C18H31N5/c1-3-19-18(22-15-17-7-4-5-10-20-17)21-11-6-12-23-13-8-16(2)9-14-23/h4-5,7,10,16H,3,6,8-9,11-15H2,1-2H3,(H2,19,21,22). The van der Waals surface area contributed by atoms with E-state index in [1.807, 2.05) is 24.4 Å². The van der Waals surface area contributed by atoms with Crippen LogP contribution in [0.5, 0.6) is 0 Å². The SMILES string of the molecule is CCNC(=NCc1ccccn1)NCCCN1CCC(C)CC1. The van der Waals surface area contributed by atoms with Crippen molar-refractivity contribution in [2.45, 2.75) is 39.7 Å². The maximum atomic E-state index is 4.60. The van der Waals surface area contributed by atoms with Crippen molar-refractivity contribution in [3.05, 3.63) is 30.1 Å². The van der Waals surface area contributed by atoms with Gasteiger partial charge in [-0.2, -0.15) is 0 Å². The van der Waals surface area contributed by atoms with E-state index in [-0.39, 0.29) is 0 Å². The fourth-order valence-electron chi connectivity index (χ4n) is 2.79. The molecule has 1 aliphatic rings. The number of nitrogens with one attached hydrogen (secondary N) is 2. The predicted molar refractivity (Wildman–Crippen MR) is 96.5 cm³/mol. The monoisotopic (exact) mass is 317 g/mol. The molecular weight excluding hydrogens is 286 g/mol. The summed E-state index contributed by atoms with van der Waals surface area (Å²) in [6, 6.07) is 5.93. The summed E-state index contributed by atoms with van der Waals surface area (Å²) in [6.07, 6.45) is 5.66. The zero-order valence-electron chi connectivity index (χ0n) is 14.6. The van der Waals surface area contributed by atoms with E-state index in [9.17, 15) is 0 Å². The largest absolute Gasteiger partial charge is 0.357 e. The molecule has 0 atom stereocenters. The van der Waals surface area contributed by atoms with Crippen LogP contribution in [0, 0.1) is 5.92 Å². The minimum Gasteiger partial charge on any atom is -0.357 e. The Bertz CT molecular complexity index is 452. The average molecular weight is 317 g/mol. The summed E-state index contributed by atoms with van der Waals surface area (Å²) in [5.74, 6) is 1.79. The highest BCUT2D eigenvalue weighted by Crippen LogP contribution is 2.15. The highest BCUT2D eigenvalue weighted by atomic mass is 15.2. The summed E-state index contributed by atoms with van der Waals surface area (Å²) in [4.78, 5) is 11.5. The van der Waals surface area contributed by atoms with Crippen molar-refractivity contribution >= 4 is 5.96 Å². The lowest BCUT2D eigenvalue weighted by atomic mass is 9.99. The number of hydrogen-bond donors (Lipinski definition) is 2. The molecule has 0 bridgehead atoms. The molecule has 5 heteroatoms. The number of piperidine rings is 1. The maximum absolute atomic E-state index is 4.60. The van der Waals surface area contributed by atoms with E-state index < -0.39 is 0 Å². The van der Waals surface area contributed by atoms with Crippen LogP contribution in [0.1, 0.15) is 38.8 Å². The Kier molecular flexibility index (Phi) is 7.87. The summed E-state index contributed by atoms with van der Waals surface area (Å²) in [7, 11) is 0. The maximum Gasteiger partial charge on any atom is 0.191 e. The molecule has 0 unspecified atom stereocenters. The summed E-state index contributed by atoms with van der Waals surface area (Å²) in [6.45, 7) is 10.6. The number of aromatic nitrogens is 1. The molecule has 1 aromatic heterocycles. The molecule has 2 rings (SSSR count). The van der Waals surface area contributed by atoms with Gasteiger partial charge in [0.1, 0.15) is 0 Å². The highest BCUT2D eigenvalue weighted by molar-refractivity contribution is 5.79. The van der Waals surface area contributed by atoms with Gasteiger partial charge in [0.2, 0.25) is 0 Å². The first-order valence-electron chi connectivity index (χ1n) is 8.92. The van der Waals surface area contributed by atoms with Crippen LogP contribution in [0.4, 0.5) is 0 Å². The van der Waals surface area contributed by atoms with Crippen LogP contribution in [0.3, 0.4) is 0 Å². The molecule has 1 saturated heterocycles. The summed E-state index contributed by atoms with van der Waals surface area (Å²) < 4.78 is 0. The molecule has 0 spiro atoms. The van der Waals surface area contributed by atoms with Crippen molar-refractivity contribution in [3.8, 4) is 0 Å². The fraction of sp³-hybridized carbons (Fsp3) is 0.667. The first-order valence-corrected chi connectivity index (χ1v) is 8.92. The molecular formula is C18H31N5. The number of pyridine rings is 1. The first-order chi connectivity index (χ1) is 11.3. The van der Waals surface area contributed by atoms with Gasteiger partial charge >= 0.3 is 0 Å². The Morgan fingerprint density at radius 1 is 1.30 bits per heavy atom. The van der Waals surface area contributed by atoms with Gasteiger partial charge in [0.05, 0.1) is 12.2 Å². The minimum absolute atomic E-state index is 0.611. The van der Waals surface area contributed by atoms with Gasteiger partial charge in [0.25, 0.3) is 0 Å². The topological polar surface area (TPSA) is 52.6 Å². The molecule has 0 radical (unpaired) electrons. The number of rotatable bonds is 7. The highest BCUT2D eigenvalue weighted by Gasteiger charge is 2.14. The number of nitrogens with zero attached hydrogens (tertiary/aromatic N) is 3. The van der Waals surface area contributed by atoms with Crippen LogP contribution in [-0.4, -0.2) is 48.6 Å². The molecule has 0 aliphatic carbocycles. The average Bonchev–Trinajstić information content (AvgIpc) is 2.59. The minimum atomic E-state index is 0.611. The van der Waals surface area contributed by atoms with Crippen molar-refractivity contribution < 1.29 is 0 Å². The Balaban J connectivity index is 1.67. The molecule has 0 aromatic carbocycles. The van der Waals surface area contributed by atoms with E-state index >= 15 is 0 Å². The van der Waals surface area contributed by atoms with Crippen molar-refractivity contribution in [1.82, 2.24) is 20.5 Å². The molecule has 2 N–H and O–H groups in total. The Hall–Kier alpha value is -1.62. The van der Waals surface area contributed by atoms with Gasteiger partial charge in [-0.15, -0.1) is 0 Å². The van der Waals surface area contributed by atoms with Gasteiger partial charge in [0, 0.05) is 19.3 Å². The zero-order chi connectivity index (χ0) is 16.3. The van der Waals surface area contributed by atoms with E-state index in [2.05, 4.69) is 39.4 Å². The van der Waals surface area contributed by atoms with E-state index in [1.165, 1.54) is 32.5 Å². The summed E-state index contributed by atoms with van der Waals surface area (Å²) in [5, 5.41) is 6.72. The fourth-order valence-corrected chi connectivity index (χ4v) is 2.79. The van der Waals surface area contributed by atoms with Gasteiger partial charge in [0.15, 0.2) is 5.96 Å². The molecule has 2 heterocycles.